The van der Waals surface area contributed by atoms with E-state index in [1.54, 1.807) is 37.3 Å². The fourth-order valence-corrected chi connectivity index (χ4v) is 3.59. The smallest absolute Gasteiger partial charge is 0.318 e. The molecule has 6 heteroatoms. The zero-order chi connectivity index (χ0) is 18.3. The lowest BCUT2D eigenvalue weighted by molar-refractivity contribution is -0.132. The van der Waals surface area contributed by atoms with E-state index in [1.165, 1.54) is 5.56 Å². The number of benzene rings is 2. The predicted octanol–water partition coefficient (Wildman–Crippen LogP) is 2.29. The van der Waals surface area contributed by atoms with Crippen LogP contribution in [0.1, 0.15) is 40.4 Å². The van der Waals surface area contributed by atoms with Crippen LogP contribution in [0.5, 0.6) is 0 Å². The first-order valence-corrected chi connectivity index (χ1v) is 8.64. The molecule has 0 radical (unpaired) electrons. The average molecular weight is 349 g/mol. The molecule has 6 nitrogen and oxygen atoms in total. The Morgan fingerprint density at radius 2 is 1.81 bits per heavy atom. The zero-order valence-corrected chi connectivity index (χ0v) is 14.4. The Bertz CT molecular complexity index is 910. The summed E-state index contributed by atoms with van der Waals surface area (Å²) < 4.78 is 0. The number of fused-ring (bicyclic) bond motifs is 1. The molecule has 0 saturated carbocycles. The highest BCUT2D eigenvalue weighted by atomic mass is 16.2. The standard InChI is InChI=1S/C20H19N3O3/c1-20(16-8-3-2-4-9-16)18(25)23(19(26)21-20)22-17(24)15-11-10-13-6-5-7-14(13)12-15/h2-4,8-12H,5-7H2,1H3,(H,21,26)(H,22,24)/t20-/m0/s1. The molecule has 0 aromatic heterocycles. The van der Waals surface area contributed by atoms with Crippen LogP contribution < -0.4 is 10.7 Å². The number of hydrogen-bond donors (Lipinski definition) is 2. The van der Waals surface area contributed by atoms with Crippen LogP contribution in [0.15, 0.2) is 48.5 Å². The van der Waals surface area contributed by atoms with Gasteiger partial charge in [-0.2, -0.15) is 5.01 Å². The zero-order valence-electron chi connectivity index (χ0n) is 14.4. The highest BCUT2D eigenvalue weighted by molar-refractivity contribution is 6.09. The molecule has 1 saturated heterocycles. The third kappa shape index (κ3) is 2.54. The molecule has 2 aromatic carbocycles. The first kappa shape index (κ1) is 16.3. The Morgan fingerprint density at radius 3 is 2.58 bits per heavy atom. The Morgan fingerprint density at radius 1 is 1.08 bits per heavy atom. The van der Waals surface area contributed by atoms with Crippen LogP contribution in [-0.4, -0.2) is 22.9 Å². The van der Waals surface area contributed by atoms with E-state index in [4.69, 9.17) is 0 Å². The van der Waals surface area contributed by atoms with E-state index in [1.807, 2.05) is 18.2 Å². The van der Waals surface area contributed by atoms with Gasteiger partial charge < -0.3 is 5.32 Å². The minimum atomic E-state index is -1.20. The molecular formula is C20H19N3O3. The van der Waals surface area contributed by atoms with Gasteiger partial charge in [-0.05, 0) is 55.0 Å². The second-order valence-electron chi connectivity index (χ2n) is 6.84. The number of aryl methyl sites for hydroxylation is 2. The summed E-state index contributed by atoms with van der Waals surface area (Å²) in [5, 5.41) is 3.43. The number of nitrogens with zero attached hydrogens (tertiary/aromatic N) is 1. The predicted molar refractivity (Wildman–Crippen MR) is 95.1 cm³/mol. The number of carbonyl (C=O) groups is 3. The van der Waals surface area contributed by atoms with Gasteiger partial charge in [-0.1, -0.05) is 36.4 Å². The number of carbonyl (C=O) groups excluding carboxylic acids is 3. The highest BCUT2D eigenvalue weighted by Gasteiger charge is 2.50. The molecule has 1 aliphatic heterocycles. The Balaban J connectivity index is 1.56. The van der Waals surface area contributed by atoms with Gasteiger partial charge in [0.05, 0.1) is 0 Å². The third-order valence-electron chi connectivity index (χ3n) is 5.12. The van der Waals surface area contributed by atoms with E-state index in [-0.39, 0.29) is 0 Å². The van der Waals surface area contributed by atoms with Crippen molar-refractivity contribution in [1.29, 1.82) is 0 Å². The summed E-state index contributed by atoms with van der Waals surface area (Å²) >= 11 is 0. The molecule has 4 rings (SSSR count). The Labute approximate surface area is 151 Å². The van der Waals surface area contributed by atoms with Gasteiger partial charge in [-0.3, -0.25) is 15.0 Å². The number of imide groups is 1. The van der Waals surface area contributed by atoms with Crippen LogP contribution in [0.25, 0.3) is 0 Å². The van der Waals surface area contributed by atoms with Crippen LogP contribution in [0.2, 0.25) is 0 Å². The molecule has 2 aromatic rings. The van der Waals surface area contributed by atoms with E-state index in [0.717, 1.165) is 29.8 Å². The number of hydrogen-bond acceptors (Lipinski definition) is 3. The fraction of sp³-hybridized carbons (Fsp3) is 0.250. The highest BCUT2D eigenvalue weighted by Crippen LogP contribution is 2.28. The Kier molecular flexibility index (Phi) is 3.76. The maximum absolute atomic E-state index is 12.8. The second kappa shape index (κ2) is 5.98. The lowest BCUT2D eigenvalue weighted by Gasteiger charge is -2.22. The van der Waals surface area contributed by atoms with Gasteiger partial charge in [0.25, 0.3) is 11.8 Å². The van der Waals surface area contributed by atoms with E-state index in [9.17, 15) is 14.4 Å². The molecule has 1 aliphatic carbocycles. The van der Waals surface area contributed by atoms with Gasteiger partial charge in [-0.25, -0.2) is 4.79 Å². The molecule has 1 fully saturated rings. The molecule has 4 amide bonds. The van der Waals surface area contributed by atoms with Gasteiger partial charge in [0, 0.05) is 5.56 Å². The van der Waals surface area contributed by atoms with E-state index >= 15 is 0 Å². The van der Waals surface area contributed by atoms with Gasteiger partial charge >= 0.3 is 6.03 Å². The minimum Gasteiger partial charge on any atom is -0.318 e. The van der Waals surface area contributed by atoms with Crippen LogP contribution in [-0.2, 0) is 23.2 Å². The molecule has 0 bridgehead atoms. The van der Waals surface area contributed by atoms with Crippen molar-refractivity contribution in [2.75, 3.05) is 0 Å². The molecule has 26 heavy (non-hydrogen) atoms. The summed E-state index contributed by atoms with van der Waals surface area (Å²) in [6, 6.07) is 13.8. The van der Waals surface area contributed by atoms with Gasteiger partial charge in [0.2, 0.25) is 0 Å². The van der Waals surface area contributed by atoms with Crippen molar-refractivity contribution in [3.05, 3.63) is 70.8 Å². The van der Waals surface area contributed by atoms with Crippen LogP contribution in [0.4, 0.5) is 4.79 Å². The van der Waals surface area contributed by atoms with Crippen LogP contribution in [0, 0.1) is 0 Å². The second-order valence-corrected chi connectivity index (χ2v) is 6.84. The molecule has 132 valence electrons. The van der Waals surface area contributed by atoms with Crippen molar-refractivity contribution in [2.45, 2.75) is 31.7 Å². The number of urea groups is 1. The van der Waals surface area contributed by atoms with Crippen molar-refractivity contribution in [3.63, 3.8) is 0 Å². The Hall–Kier alpha value is -3.15. The molecular weight excluding hydrogens is 330 g/mol. The van der Waals surface area contributed by atoms with Crippen molar-refractivity contribution in [3.8, 4) is 0 Å². The summed E-state index contributed by atoms with van der Waals surface area (Å²) in [7, 11) is 0. The SMILES string of the molecule is C[C@@]1(c2ccccc2)NC(=O)N(NC(=O)c2ccc3c(c2)CCC3)C1=O. The van der Waals surface area contributed by atoms with Gasteiger partial charge in [0.1, 0.15) is 5.54 Å². The maximum atomic E-state index is 12.8. The first-order chi connectivity index (χ1) is 12.5. The summed E-state index contributed by atoms with van der Waals surface area (Å²) in [6.07, 6.45) is 3.06. The number of nitrogens with one attached hydrogen (secondary N) is 2. The third-order valence-corrected chi connectivity index (χ3v) is 5.12. The van der Waals surface area contributed by atoms with Gasteiger partial charge in [0.15, 0.2) is 0 Å². The molecule has 0 unspecified atom stereocenters. The van der Waals surface area contributed by atoms with E-state index < -0.39 is 23.4 Å². The minimum absolute atomic E-state index is 0.444. The normalized spacial score (nSPS) is 21.5. The lowest BCUT2D eigenvalue weighted by Crippen LogP contribution is -2.47. The van der Waals surface area contributed by atoms with Crippen molar-refractivity contribution in [1.82, 2.24) is 15.8 Å². The summed E-state index contributed by atoms with van der Waals surface area (Å²) in [6.45, 7) is 1.63. The first-order valence-electron chi connectivity index (χ1n) is 8.64. The molecule has 2 aliphatic rings. The molecule has 1 atom stereocenters. The largest absolute Gasteiger partial charge is 0.344 e. The number of hydrazine groups is 1. The van der Waals surface area contributed by atoms with E-state index in [0.29, 0.717) is 11.1 Å². The lowest BCUT2D eigenvalue weighted by atomic mass is 9.92. The topological polar surface area (TPSA) is 78.5 Å². The number of rotatable bonds is 3. The molecule has 0 spiro atoms. The van der Waals surface area contributed by atoms with Crippen LogP contribution in [0.3, 0.4) is 0 Å². The van der Waals surface area contributed by atoms with Gasteiger partial charge in [-0.15, -0.1) is 0 Å². The molecule has 1 heterocycles. The monoisotopic (exact) mass is 349 g/mol. The summed E-state index contributed by atoms with van der Waals surface area (Å²) in [5.41, 5.74) is 4.76. The molecule has 2 N–H and O–H groups in total. The fourth-order valence-electron chi connectivity index (χ4n) is 3.59. The summed E-state index contributed by atoms with van der Waals surface area (Å²) in [5.74, 6) is -0.983. The maximum Gasteiger partial charge on any atom is 0.344 e. The summed E-state index contributed by atoms with van der Waals surface area (Å²) in [4.78, 5) is 37.7. The number of amides is 4. The van der Waals surface area contributed by atoms with Crippen molar-refractivity contribution in [2.24, 2.45) is 0 Å². The van der Waals surface area contributed by atoms with E-state index in [2.05, 4.69) is 10.7 Å². The average Bonchev–Trinajstić information content (AvgIpc) is 3.20. The van der Waals surface area contributed by atoms with Crippen LogP contribution >= 0.6 is 0 Å². The van der Waals surface area contributed by atoms with Crippen molar-refractivity contribution < 1.29 is 14.4 Å². The quantitative estimate of drug-likeness (QED) is 0.835. The van der Waals surface area contributed by atoms with Crippen molar-refractivity contribution >= 4 is 17.8 Å².